The number of hydrogen-bond donors (Lipinski definition) is 0. The summed E-state index contributed by atoms with van der Waals surface area (Å²) in [4.78, 5) is 12.4. The molecule has 4 fully saturated rings. The van der Waals surface area contributed by atoms with Crippen molar-refractivity contribution in [1.29, 1.82) is 0 Å². The van der Waals surface area contributed by atoms with Gasteiger partial charge in [-0.1, -0.05) is 33.6 Å². The van der Waals surface area contributed by atoms with Crippen LogP contribution in [0.3, 0.4) is 0 Å². The van der Waals surface area contributed by atoms with Crippen LogP contribution in [0.1, 0.15) is 85.5 Å². The fourth-order valence-electron chi connectivity index (χ4n) is 8.52. The first-order chi connectivity index (χ1) is 10.9. The van der Waals surface area contributed by atoms with Crippen LogP contribution in [0.4, 0.5) is 0 Å². The van der Waals surface area contributed by atoms with Crippen LogP contribution in [0.2, 0.25) is 0 Å². The summed E-state index contributed by atoms with van der Waals surface area (Å²) in [5.41, 5.74) is 0.935. The summed E-state index contributed by atoms with van der Waals surface area (Å²) in [5, 5.41) is 0. The van der Waals surface area contributed by atoms with Crippen molar-refractivity contribution in [2.75, 3.05) is 0 Å². The fourth-order valence-corrected chi connectivity index (χ4v) is 8.52. The van der Waals surface area contributed by atoms with Gasteiger partial charge in [-0.15, -0.1) is 0 Å². The molecule has 4 aliphatic carbocycles. The molecule has 4 aliphatic rings. The molecular formula is C22H36O. The fraction of sp³-hybridized carbons (Fsp3) is 0.955. The normalized spacial score (nSPS) is 55.7. The van der Waals surface area contributed by atoms with Crippen LogP contribution in [0.25, 0.3) is 0 Å². The SMILES string of the molecule is CC(=O)[C@@H]1[C@H](C)C[C@@H]2[C@@H]3CC[C@H]4CCCC[C@]4(C)[C@H]3CC[C@@]21C. The molecule has 0 radical (unpaired) electrons. The molecule has 0 bridgehead atoms. The Morgan fingerprint density at radius 1 is 0.913 bits per heavy atom. The third-order valence-corrected chi connectivity index (χ3v) is 9.36. The van der Waals surface area contributed by atoms with Gasteiger partial charge in [0.2, 0.25) is 0 Å². The van der Waals surface area contributed by atoms with Crippen LogP contribution in [0.15, 0.2) is 0 Å². The van der Waals surface area contributed by atoms with Crippen molar-refractivity contribution in [3.05, 3.63) is 0 Å². The van der Waals surface area contributed by atoms with Crippen LogP contribution in [0.5, 0.6) is 0 Å². The van der Waals surface area contributed by atoms with Crippen LogP contribution >= 0.6 is 0 Å². The molecule has 0 aromatic heterocycles. The molecule has 0 N–H and O–H groups in total. The van der Waals surface area contributed by atoms with Gasteiger partial charge in [0.25, 0.3) is 0 Å². The average molecular weight is 317 g/mol. The largest absolute Gasteiger partial charge is 0.300 e. The monoisotopic (exact) mass is 316 g/mol. The van der Waals surface area contributed by atoms with Crippen LogP contribution in [-0.4, -0.2) is 5.78 Å². The standard InChI is InChI=1S/C22H36O/c1-14-13-19-17-9-8-16-7-5-6-11-21(16,3)18(17)10-12-22(19,4)20(14)15(2)23/h14,16-20H,5-13H2,1-4H3/t14-,16-,17-,18+,19-,20+,21+,22+/m1/s1. The zero-order valence-corrected chi connectivity index (χ0v) is 15.7. The maximum absolute atomic E-state index is 12.4. The van der Waals surface area contributed by atoms with E-state index in [9.17, 15) is 4.79 Å². The first-order valence-electron chi connectivity index (χ1n) is 10.4. The molecule has 0 aromatic rings. The van der Waals surface area contributed by atoms with Gasteiger partial charge in [0.1, 0.15) is 5.78 Å². The van der Waals surface area contributed by atoms with Gasteiger partial charge in [-0.2, -0.15) is 0 Å². The summed E-state index contributed by atoms with van der Waals surface area (Å²) >= 11 is 0. The Bertz CT molecular complexity index is 496. The quantitative estimate of drug-likeness (QED) is 0.591. The van der Waals surface area contributed by atoms with Crippen LogP contribution < -0.4 is 0 Å². The van der Waals surface area contributed by atoms with E-state index < -0.39 is 0 Å². The van der Waals surface area contributed by atoms with Gasteiger partial charge in [-0.05, 0) is 92.3 Å². The number of rotatable bonds is 1. The molecule has 1 heteroatoms. The van der Waals surface area contributed by atoms with Crippen molar-refractivity contribution in [2.45, 2.75) is 85.5 Å². The molecule has 8 atom stereocenters. The van der Waals surface area contributed by atoms with Crippen LogP contribution in [0, 0.1) is 46.3 Å². The molecule has 0 unspecified atom stereocenters. The summed E-state index contributed by atoms with van der Waals surface area (Å²) in [6.45, 7) is 9.36. The Balaban J connectivity index is 1.66. The number of carbonyl (C=O) groups excluding carboxylic acids is 1. The van der Waals surface area contributed by atoms with Crippen molar-refractivity contribution in [1.82, 2.24) is 0 Å². The lowest BCUT2D eigenvalue weighted by atomic mass is 9.45. The highest BCUT2D eigenvalue weighted by Gasteiger charge is 2.61. The Morgan fingerprint density at radius 2 is 1.70 bits per heavy atom. The number of fused-ring (bicyclic) bond motifs is 5. The van der Waals surface area contributed by atoms with E-state index in [2.05, 4.69) is 20.8 Å². The second-order valence-corrected chi connectivity index (χ2v) is 10.2. The van der Waals surface area contributed by atoms with E-state index in [-0.39, 0.29) is 0 Å². The van der Waals surface area contributed by atoms with Crippen molar-refractivity contribution >= 4 is 5.78 Å². The summed E-state index contributed by atoms with van der Waals surface area (Å²) in [7, 11) is 0. The maximum atomic E-state index is 12.4. The summed E-state index contributed by atoms with van der Waals surface area (Å²) in [6, 6.07) is 0. The molecule has 4 rings (SSSR count). The van der Waals surface area contributed by atoms with Gasteiger partial charge in [0, 0.05) is 5.92 Å². The molecule has 4 saturated carbocycles. The van der Waals surface area contributed by atoms with Gasteiger partial charge in [-0.25, -0.2) is 0 Å². The predicted octanol–water partition coefficient (Wildman–Crippen LogP) is 5.87. The molecule has 0 heterocycles. The minimum Gasteiger partial charge on any atom is -0.300 e. The molecule has 0 spiro atoms. The van der Waals surface area contributed by atoms with Gasteiger partial charge >= 0.3 is 0 Å². The van der Waals surface area contributed by atoms with Crippen molar-refractivity contribution in [2.24, 2.45) is 46.3 Å². The minimum absolute atomic E-state index is 0.310. The van der Waals surface area contributed by atoms with E-state index in [0.29, 0.717) is 28.4 Å². The molecule has 0 aliphatic heterocycles. The number of Topliss-reactive ketones (excluding diaryl/α,β-unsaturated/α-hetero) is 1. The summed E-state index contributed by atoms with van der Waals surface area (Å²) < 4.78 is 0. The third-order valence-electron chi connectivity index (χ3n) is 9.36. The summed E-state index contributed by atoms with van der Waals surface area (Å²) in [5.74, 6) is 5.12. The molecule has 0 saturated heterocycles. The van der Waals surface area contributed by atoms with E-state index in [4.69, 9.17) is 0 Å². The minimum atomic E-state index is 0.310. The lowest BCUT2D eigenvalue weighted by Gasteiger charge is -2.60. The Kier molecular flexibility index (Phi) is 3.75. The average Bonchev–Trinajstić information content (AvgIpc) is 2.77. The predicted molar refractivity (Wildman–Crippen MR) is 95.1 cm³/mol. The van der Waals surface area contributed by atoms with Gasteiger partial charge in [0.05, 0.1) is 0 Å². The van der Waals surface area contributed by atoms with E-state index in [1.54, 1.807) is 0 Å². The van der Waals surface area contributed by atoms with E-state index in [1.807, 2.05) is 6.92 Å². The first kappa shape index (κ1) is 16.2. The van der Waals surface area contributed by atoms with Gasteiger partial charge in [0.15, 0.2) is 0 Å². The van der Waals surface area contributed by atoms with Gasteiger partial charge < -0.3 is 0 Å². The highest BCUT2D eigenvalue weighted by atomic mass is 16.1. The Labute approximate surface area is 143 Å². The molecular weight excluding hydrogens is 280 g/mol. The summed E-state index contributed by atoms with van der Waals surface area (Å²) in [6.07, 6.45) is 12.9. The Morgan fingerprint density at radius 3 is 2.43 bits per heavy atom. The number of ketones is 1. The van der Waals surface area contributed by atoms with Gasteiger partial charge in [-0.3, -0.25) is 4.79 Å². The molecule has 0 aromatic carbocycles. The van der Waals surface area contributed by atoms with E-state index >= 15 is 0 Å². The van der Waals surface area contributed by atoms with Crippen molar-refractivity contribution < 1.29 is 4.79 Å². The lowest BCUT2D eigenvalue weighted by Crippen LogP contribution is -2.53. The second kappa shape index (κ2) is 5.33. The van der Waals surface area contributed by atoms with Crippen LogP contribution in [-0.2, 0) is 4.79 Å². The lowest BCUT2D eigenvalue weighted by molar-refractivity contribution is -0.134. The highest BCUT2D eigenvalue weighted by molar-refractivity contribution is 5.80. The van der Waals surface area contributed by atoms with E-state index in [0.717, 1.165) is 23.7 Å². The topological polar surface area (TPSA) is 17.1 Å². The molecule has 130 valence electrons. The molecule has 1 nitrogen and oxygen atoms in total. The van der Waals surface area contributed by atoms with E-state index in [1.165, 1.54) is 57.8 Å². The Hall–Kier alpha value is -0.330. The van der Waals surface area contributed by atoms with Crippen molar-refractivity contribution in [3.63, 3.8) is 0 Å². The molecule has 0 amide bonds. The van der Waals surface area contributed by atoms with Crippen molar-refractivity contribution in [3.8, 4) is 0 Å². The third kappa shape index (κ3) is 2.13. The number of carbonyl (C=O) groups is 1. The molecule has 23 heavy (non-hydrogen) atoms. The smallest absolute Gasteiger partial charge is 0.133 e. The second-order valence-electron chi connectivity index (χ2n) is 10.2. The highest BCUT2D eigenvalue weighted by Crippen LogP contribution is 2.68. The zero-order chi connectivity index (χ0) is 16.4. The zero-order valence-electron chi connectivity index (χ0n) is 15.7. The first-order valence-corrected chi connectivity index (χ1v) is 10.4. The number of hydrogen-bond acceptors (Lipinski definition) is 1. The maximum Gasteiger partial charge on any atom is 0.133 e.